The van der Waals surface area contributed by atoms with Crippen LogP contribution in [0.25, 0.3) is 0 Å². The summed E-state index contributed by atoms with van der Waals surface area (Å²) in [5.74, 6) is 1.19. The van der Waals surface area contributed by atoms with Crippen LogP contribution in [-0.4, -0.2) is 29.9 Å². The largest absolute Gasteiger partial charge is 0.341 e. The van der Waals surface area contributed by atoms with Crippen molar-refractivity contribution in [3.05, 3.63) is 35.9 Å². The molecule has 2 rings (SSSR count). The van der Waals surface area contributed by atoms with Crippen LogP contribution < -0.4 is 10.9 Å². The first kappa shape index (κ1) is 17.0. The Labute approximate surface area is 134 Å². The summed E-state index contributed by atoms with van der Waals surface area (Å²) < 4.78 is 0. The number of nitrogens with one attached hydrogen (secondary N) is 2. The van der Waals surface area contributed by atoms with Crippen molar-refractivity contribution in [3.8, 4) is 0 Å². The van der Waals surface area contributed by atoms with Gasteiger partial charge < -0.3 is 4.90 Å². The number of amides is 1. The Hall–Kier alpha value is -1.39. The lowest BCUT2D eigenvalue weighted by molar-refractivity contribution is -0.134. The number of carbonyl (C=O) groups is 1. The van der Waals surface area contributed by atoms with Crippen molar-refractivity contribution in [2.24, 2.45) is 11.8 Å². The van der Waals surface area contributed by atoms with Gasteiger partial charge in [-0.15, -0.1) is 0 Å². The van der Waals surface area contributed by atoms with E-state index in [1.165, 1.54) is 5.56 Å². The van der Waals surface area contributed by atoms with Gasteiger partial charge in [0.2, 0.25) is 5.91 Å². The summed E-state index contributed by atoms with van der Waals surface area (Å²) >= 11 is 0. The third kappa shape index (κ3) is 4.55. The van der Waals surface area contributed by atoms with Gasteiger partial charge in [0.15, 0.2) is 0 Å². The van der Waals surface area contributed by atoms with E-state index in [9.17, 15) is 4.79 Å². The van der Waals surface area contributed by atoms with Gasteiger partial charge >= 0.3 is 0 Å². The summed E-state index contributed by atoms with van der Waals surface area (Å²) in [6, 6.07) is 10.4. The maximum atomic E-state index is 12.8. The topological polar surface area (TPSA) is 44.4 Å². The molecular formula is C18H29N3O. The highest BCUT2D eigenvalue weighted by Crippen LogP contribution is 2.23. The maximum absolute atomic E-state index is 12.8. The second-order valence-electron chi connectivity index (χ2n) is 7.07. The monoisotopic (exact) mass is 303 g/mol. The molecule has 0 aromatic heterocycles. The molecule has 2 atom stereocenters. The van der Waals surface area contributed by atoms with Crippen LogP contribution >= 0.6 is 0 Å². The highest BCUT2D eigenvalue weighted by molar-refractivity contribution is 5.82. The van der Waals surface area contributed by atoms with Crippen LogP contribution in [0, 0.1) is 11.8 Å². The predicted molar refractivity (Wildman–Crippen MR) is 90.1 cm³/mol. The van der Waals surface area contributed by atoms with E-state index < -0.39 is 0 Å². The van der Waals surface area contributed by atoms with E-state index in [4.69, 9.17) is 0 Å². The minimum absolute atomic E-state index is 0.136. The molecule has 0 radical (unpaired) electrons. The van der Waals surface area contributed by atoms with Crippen molar-refractivity contribution in [2.75, 3.05) is 13.1 Å². The number of carbonyl (C=O) groups excluding carboxylic acids is 1. The number of hydrazine groups is 1. The molecule has 1 heterocycles. The molecule has 1 saturated heterocycles. The number of hydrogen-bond donors (Lipinski definition) is 2. The molecule has 2 N–H and O–H groups in total. The number of hydrogen-bond acceptors (Lipinski definition) is 3. The second kappa shape index (κ2) is 7.75. The maximum Gasteiger partial charge on any atom is 0.241 e. The van der Waals surface area contributed by atoms with Crippen molar-refractivity contribution < 1.29 is 4.79 Å². The van der Waals surface area contributed by atoms with Crippen LogP contribution in [0.2, 0.25) is 0 Å². The normalized spacial score (nSPS) is 21.5. The Kier molecular flexibility index (Phi) is 5.98. The molecule has 0 aliphatic carbocycles. The summed E-state index contributed by atoms with van der Waals surface area (Å²) in [5, 5.41) is 0. The molecule has 1 fully saturated rings. The standard InChI is InChI=1S/C18H29N3O/c1-13(2)11-21(12-14(3)4)18(22)17-10-16(19-20-17)15-8-6-5-7-9-15/h5-9,13-14,16-17,19-20H,10-12H2,1-4H3. The molecule has 0 spiro atoms. The van der Waals surface area contributed by atoms with Gasteiger partial charge in [0.25, 0.3) is 0 Å². The van der Waals surface area contributed by atoms with Gasteiger partial charge in [0, 0.05) is 19.1 Å². The first-order valence-corrected chi connectivity index (χ1v) is 8.32. The van der Waals surface area contributed by atoms with Crippen molar-refractivity contribution >= 4 is 5.91 Å². The molecule has 2 unspecified atom stereocenters. The summed E-state index contributed by atoms with van der Waals surface area (Å²) in [7, 11) is 0. The first-order chi connectivity index (χ1) is 10.5. The van der Waals surface area contributed by atoms with Crippen LogP contribution in [0.5, 0.6) is 0 Å². The third-order valence-electron chi connectivity index (χ3n) is 3.89. The SMILES string of the molecule is CC(C)CN(CC(C)C)C(=O)C1CC(c2ccccc2)NN1. The molecule has 22 heavy (non-hydrogen) atoms. The Morgan fingerprint density at radius 3 is 2.23 bits per heavy atom. The average Bonchev–Trinajstić information content (AvgIpc) is 2.95. The van der Waals surface area contributed by atoms with Gasteiger partial charge in [-0.05, 0) is 23.8 Å². The third-order valence-corrected chi connectivity index (χ3v) is 3.89. The quantitative estimate of drug-likeness (QED) is 0.849. The second-order valence-corrected chi connectivity index (χ2v) is 7.07. The van der Waals surface area contributed by atoms with Crippen molar-refractivity contribution in [1.29, 1.82) is 0 Å². The molecule has 1 aliphatic heterocycles. The Morgan fingerprint density at radius 2 is 1.68 bits per heavy atom. The molecule has 1 aromatic carbocycles. The molecular weight excluding hydrogens is 274 g/mol. The Balaban J connectivity index is 1.99. The minimum atomic E-state index is -0.136. The Morgan fingerprint density at radius 1 is 1.09 bits per heavy atom. The molecule has 1 aromatic rings. The predicted octanol–water partition coefficient (Wildman–Crippen LogP) is 2.73. The van der Waals surface area contributed by atoms with E-state index in [0.717, 1.165) is 19.5 Å². The van der Waals surface area contributed by atoms with Crippen molar-refractivity contribution in [3.63, 3.8) is 0 Å². The lowest BCUT2D eigenvalue weighted by atomic mass is 10.0. The number of rotatable bonds is 6. The van der Waals surface area contributed by atoms with E-state index in [1.807, 2.05) is 23.1 Å². The fourth-order valence-electron chi connectivity index (χ4n) is 2.98. The van der Waals surface area contributed by atoms with Gasteiger partial charge in [-0.1, -0.05) is 58.0 Å². The minimum Gasteiger partial charge on any atom is -0.341 e. The van der Waals surface area contributed by atoms with Gasteiger partial charge in [-0.2, -0.15) is 0 Å². The fourth-order valence-corrected chi connectivity index (χ4v) is 2.98. The zero-order chi connectivity index (χ0) is 16.1. The molecule has 1 aliphatic rings. The van der Waals surface area contributed by atoms with E-state index in [1.54, 1.807) is 0 Å². The first-order valence-electron chi connectivity index (χ1n) is 8.32. The summed E-state index contributed by atoms with van der Waals surface area (Å²) in [6.45, 7) is 10.3. The van der Waals surface area contributed by atoms with Crippen molar-refractivity contribution in [1.82, 2.24) is 15.8 Å². The smallest absolute Gasteiger partial charge is 0.241 e. The number of nitrogens with zero attached hydrogens (tertiary/aromatic N) is 1. The van der Waals surface area contributed by atoms with E-state index in [-0.39, 0.29) is 18.0 Å². The zero-order valence-corrected chi connectivity index (χ0v) is 14.2. The van der Waals surface area contributed by atoms with E-state index in [2.05, 4.69) is 50.7 Å². The highest BCUT2D eigenvalue weighted by atomic mass is 16.2. The highest BCUT2D eigenvalue weighted by Gasteiger charge is 2.33. The van der Waals surface area contributed by atoms with Gasteiger partial charge in [-0.3, -0.25) is 4.79 Å². The lowest BCUT2D eigenvalue weighted by Gasteiger charge is -2.28. The molecule has 0 bridgehead atoms. The number of benzene rings is 1. The van der Waals surface area contributed by atoms with Crippen LogP contribution in [0.3, 0.4) is 0 Å². The van der Waals surface area contributed by atoms with Crippen LogP contribution in [0.4, 0.5) is 0 Å². The van der Waals surface area contributed by atoms with Crippen LogP contribution in [0.1, 0.15) is 45.7 Å². The molecule has 1 amide bonds. The van der Waals surface area contributed by atoms with Gasteiger partial charge in [-0.25, -0.2) is 10.9 Å². The van der Waals surface area contributed by atoms with Crippen LogP contribution in [-0.2, 0) is 4.79 Å². The van der Waals surface area contributed by atoms with Gasteiger partial charge in [0.05, 0.1) is 0 Å². The Bertz CT molecular complexity index is 462. The van der Waals surface area contributed by atoms with E-state index >= 15 is 0 Å². The molecule has 0 saturated carbocycles. The van der Waals surface area contributed by atoms with Crippen molar-refractivity contribution in [2.45, 2.75) is 46.2 Å². The van der Waals surface area contributed by atoms with Gasteiger partial charge in [0.1, 0.15) is 6.04 Å². The fraction of sp³-hybridized carbons (Fsp3) is 0.611. The van der Waals surface area contributed by atoms with Crippen LogP contribution in [0.15, 0.2) is 30.3 Å². The summed E-state index contributed by atoms with van der Waals surface area (Å²) in [5.41, 5.74) is 7.69. The van der Waals surface area contributed by atoms with E-state index in [0.29, 0.717) is 11.8 Å². The summed E-state index contributed by atoms with van der Waals surface area (Å²) in [4.78, 5) is 14.8. The summed E-state index contributed by atoms with van der Waals surface area (Å²) in [6.07, 6.45) is 0.801. The lowest BCUT2D eigenvalue weighted by Crippen LogP contribution is -2.47. The molecule has 4 nitrogen and oxygen atoms in total. The molecule has 4 heteroatoms. The average molecular weight is 303 g/mol. The molecule has 122 valence electrons. The zero-order valence-electron chi connectivity index (χ0n) is 14.2.